The van der Waals surface area contributed by atoms with Crippen molar-refractivity contribution >= 4 is 5.97 Å². The first-order valence-corrected chi connectivity index (χ1v) is 6.44. The number of carboxylic acid groups (broad SMARTS) is 1. The first-order chi connectivity index (χ1) is 7.86. The Morgan fingerprint density at radius 2 is 2.00 bits per heavy atom. The van der Waals surface area contributed by atoms with Gasteiger partial charge >= 0.3 is 5.97 Å². The summed E-state index contributed by atoms with van der Waals surface area (Å²) in [4.78, 5) is 13.3. The molecule has 1 unspecified atom stereocenters. The second-order valence-electron chi connectivity index (χ2n) is 5.97. The third-order valence-corrected chi connectivity index (χ3v) is 3.99. The summed E-state index contributed by atoms with van der Waals surface area (Å²) < 4.78 is 0. The average Bonchev–Trinajstić information content (AvgIpc) is 2.19. The highest BCUT2D eigenvalue weighted by atomic mass is 16.4. The second-order valence-corrected chi connectivity index (χ2v) is 5.97. The zero-order valence-electron chi connectivity index (χ0n) is 11.5. The Morgan fingerprint density at radius 1 is 1.47 bits per heavy atom. The van der Waals surface area contributed by atoms with Gasteiger partial charge in [0.15, 0.2) is 0 Å². The molecule has 1 aliphatic rings. The zero-order valence-corrected chi connectivity index (χ0v) is 11.5. The summed E-state index contributed by atoms with van der Waals surface area (Å²) in [5.74, 6) is -0.117. The molecule has 1 rings (SSSR count). The van der Waals surface area contributed by atoms with Crippen LogP contribution in [0.2, 0.25) is 0 Å². The van der Waals surface area contributed by atoms with E-state index in [-0.39, 0.29) is 17.9 Å². The fraction of sp³-hybridized carbons (Fsp3) is 0.923. The number of carboxylic acids is 1. The van der Waals surface area contributed by atoms with Crippen molar-refractivity contribution in [1.82, 2.24) is 10.2 Å². The van der Waals surface area contributed by atoms with Gasteiger partial charge in [-0.3, -0.25) is 4.79 Å². The SMILES string of the molecule is CNC(C1CCN(C)CC1)C(C)(C)CC(=O)O. The quantitative estimate of drug-likeness (QED) is 0.765. The van der Waals surface area contributed by atoms with Crippen LogP contribution >= 0.6 is 0 Å². The van der Waals surface area contributed by atoms with E-state index < -0.39 is 5.97 Å². The number of nitrogens with zero attached hydrogens (tertiary/aromatic N) is 1. The van der Waals surface area contributed by atoms with E-state index in [2.05, 4.69) is 31.1 Å². The third kappa shape index (κ3) is 3.96. The van der Waals surface area contributed by atoms with Gasteiger partial charge in [0.05, 0.1) is 6.42 Å². The van der Waals surface area contributed by atoms with Crippen LogP contribution in [0.1, 0.15) is 33.1 Å². The van der Waals surface area contributed by atoms with E-state index in [9.17, 15) is 4.79 Å². The summed E-state index contributed by atoms with van der Waals surface area (Å²) in [6, 6.07) is 0.285. The lowest BCUT2D eigenvalue weighted by Gasteiger charge is -2.42. The van der Waals surface area contributed by atoms with Gasteiger partial charge in [-0.1, -0.05) is 13.8 Å². The maximum absolute atomic E-state index is 10.9. The number of hydrogen-bond acceptors (Lipinski definition) is 3. The van der Waals surface area contributed by atoms with Gasteiger partial charge in [0, 0.05) is 6.04 Å². The molecule has 0 aromatic carbocycles. The lowest BCUT2D eigenvalue weighted by Crippen LogP contribution is -2.49. The van der Waals surface area contributed by atoms with Crippen molar-refractivity contribution in [3.05, 3.63) is 0 Å². The van der Waals surface area contributed by atoms with Gasteiger partial charge < -0.3 is 15.3 Å². The van der Waals surface area contributed by atoms with E-state index in [1.807, 2.05) is 7.05 Å². The summed E-state index contributed by atoms with van der Waals surface area (Å²) in [5.41, 5.74) is -0.193. The molecule has 0 aliphatic carbocycles. The Hall–Kier alpha value is -0.610. The van der Waals surface area contributed by atoms with Crippen LogP contribution in [0.4, 0.5) is 0 Å². The number of rotatable bonds is 5. The topological polar surface area (TPSA) is 52.6 Å². The van der Waals surface area contributed by atoms with E-state index in [1.54, 1.807) is 0 Å². The van der Waals surface area contributed by atoms with Crippen molar-refractivity contribution < 1.29 is 9.90 Å². The Labute approximate surface area is 104 Å². The molecule has 0 bridgehead atoms. The molecule has 4 heteroatoms. The lowest BCUT2D eigenvalue weighted by molar-refractivity contribution is -0.140. The molecule has 0 radical (unpaired) electrons. The maximum atomic E-state index is 10.9. The largest absolute Gasteiger partial charge is 0.481 e. The van der Waals surface area contributed by atoms with Crippen LogP contribution in [-0.4, -0.2) is 49.2 Å². The normalized spacial score (nSPS) is 21.4. The molecule has 0 aromatic rings. The van der Waals surface area contributed by atoms with Crippen molar-refractivity contribution in [3.8, 4) is 0 Å². The molecule has 0 aromatic heterocycles. The smallest absolute Gasteiger partial charge is 0.303 e. The summed E-state index contributed by atoms with van der Waals surface area (Å²) in [7, 11) is 4.10. The summed E-state index contributed by atoms with van der Waals surface area (Å²) >= 11 is 0. The summed E-state index contributed by atoms with van der Waals surface area (Å²) in [5, 5.41) is 12.3. The van der Waals surface area contributed by atoms with Gasteiger partial charge in [0.1, 0.15) is 0 Å². The van der Waals surface area contributed by atoms with Crippen LogP contribution in [0.15, 0.2) is 0 Å². The highest BCUT2D eigenvalue weighted by Gasteiger charge is 2.37. The molecular weight excluding hydrogens is 216 g/mol. The molecule has 100 valence electrons. The summed E-state index contributed by atoms with van der Waals surface area (Å²) in [6.45, 7) is 6.35. The number of likely N-dealkylation sites (tertiary alicyclic amines) is 1. The number of hydrogen-bond donors (Lipinski definition) is 2. The van der Waals surface area contributed by atoms with Gasteiger partial charge in [-0.15, -0.1) is 0 Å². The van der Waals surface area contributed by atoms with E-state index in [0.29, 0.717) is 5.92 Å². The molecule has 1 fully saturated rings. The van der Waals surface area contributed by atoms with Crippen molar-refractivity contribution in [3.63, 3.8) is 0 Å². The monoisotopic (exact) mass is 242 g/mol. The molecule has 4 nitrogen and oxygen atoms in total. The van der Waals surface area contributed by atoms with E-state index in [0.717, 1.165) is 25.9 Å². The van der Waals surface area contributed by atoms with Crippen molar-refractivity contribution in [2.24, 2.45) is 11.3 Å². The van der Waals surface area contributed by atoms with Gasteiger partial charge in [-0.25, -0.2) is 0 Å². The molecule has 1 saturated heterocycles. The number of aliphatic carboxylic acids is 1. The van der Waals surface area contributed by atoms with Crippen LogP contribution < -0.4 is 5.32 Å². The van der Waals surface area contributed by atoms with Crippen LogP contribution in [0, 0.1) is 11.3 Å². The van der Waals surface area contributed by atoms with Crippen LogP contribution in [0.3, 0.4) is 0 Å². The van der Waals surface area contributed by atoms with Crippen LogP contribution in [0.25, 0.3) is 0 Å². The zero-order chi connectivity index (χ0) is 13.1. The van der Waals surface area contributed by atoms with Gasteiger partial charge in [-0.05, 0) is 51.4 Å². The minimum absolute atomic E-state index is 0.193. The molecular formula is C13H26N2O2. The molecule has 17 heavy (non-hydrogen) atoms. The number of nitrogens with one attached hydrogen (secondary N) is 1. The molecule has 1 aliphatic heterocycles. The van der Waals surface area contributed by atoms with Crippen molar-refractivity contribution in [2.45, 2.75) is 39.2 Å². The molecule has 1 heterocycles. The van der Waals surface area contributed by atoms with Crippen molar-refractivity contribution in [1.29, 1.82) is 0 Å². The predicted octanol–water partition coefficient (Wildman–Crippen LogP) is 1.42. The molecule has 0 spiro atoms. The highest BCUT2D eigenvalue weighted by Crippen LogP contribution is 2.34. The van der Waals surface area contributed by atoms with Gasteiger partial charge in [0.2, 0.25) is 0 Å². The number of piperidine rings is 1. The van der Waals surface area contributed by atoms with Gasteiger partial charge in [-0.2, -0.15) is 0 Å². The second kappa shape index (κ2) is 5.83. The summed E-state index contributed by atoms with van der Waals surface area (Å²) in [6.07, 6.45) is 2.54. The minimum Gasteiger partial charge on any atom is -0.481 e. The molecule has 0 saturated carbocycles. The fourth-order valence-electron chi connectivity index (χ4n) is 3.13. The minimum atomic E-state index is -0.705. The highest BCUT2D eigenvalue weighted by molar-refractivity contribution is 5.67. The molecule has 0 amide bonds. The average molecular weight is 242 g/mol. The van der Waals surface area contributed by atoms with Crippen LogP contribution in [-0.2, 0) is 4.79 Å². The Kier molecular flexibility index (Phi) is 4.95. The van der Waals surface area contributed by atoms with Gasteiger partial charge in [0.25, 0.3) is 0 Å². The molecule has 1 atom stereocenters. The maximum Gasteiger partial charge on any atom is 0.303 e. The molecule has 2 N–H and O–H groups in total. The predicted molar refractivity (Wildman–Crippen MR) is 69.1 cm³/mol. The van der Waals surface area contributed by atoms with E-state index in [4.69, 9.17) is 5.11 Å². The van der Waals surface area contributed by atoms with Crippen molar-refractivity contribution in [2.75, 3.05) is 27.2 Å². The van der Waals surface area contributed by atoms with E-state index in [1.165, 1.54) is 0 Å². The van der Waals surface area contributed by atoms with E-state index >= 15 is 0 Å². The first kappa shape index (κ1) is 14.5. The number of carbonyl (C=O) groups is 1. The first-order valence-electron chi connectivity index (χ1n) is 6.44. The Morgan fingerprint density at radius 3 is 2.41 bits per heavy atom. The van der Waals surface area contributed by atoms with Crippen LogP contribution in [0.5, 0.6) is 0 Å². The Bertz CT molecular complexity index is 258. The fourth-order valence-corrected chi connectivity index (χ4v) is 3.13. The lowest BCUT2D eigenvalue weighted by atomic mass is 9.72. The third-order valence-electron chi connectivity index (χ3n) is 3.99. The Balaban J connectivity index is 2.66. The standard InChI is InChI=1S/C13H26N2O2/c1-13(2,9-11(16)17)12(14-3)10-5-7-15(4)8-6-10/h10,12,14H,5-9H2,1-4H3,(H,16,17).